The van der Waals surface area contributed by atoms with E-state index in [1.807, 2.05) is 36.4 Å². The highest BCUT2D eigenvalue weighted by Gasteiger charge is 2.47. The summed E-state index contributed by atoms with van der Waals surface area (Å²) in [5, 5.41) is 3.01. The third kappa shape index (κ3) is 5.32. The minimum atomic E-state index is -0.226. The molecule has 5 rings (SSSR count). The van der Waals surface area contributed by atoms with Crippen LogP contribution in [0.25, 0.3) is 0 Å². The van der Waals surface area contributed by atoms with Gasteiger partial charge in [-0.05, 0) is 37.0 Å². The smallest absolute Gasteiger partial charge is 0.238 e. The van der Waals surface area contributed by atoms with Crippen LogP contribution in [0, 0.1) is 0 Å². The van der Waals surface area contributed by atoms with E-state index in [0.717, 1.165) is 50.1 Å². The fourth-order valence-corrected chi connectivity index (χ4v) is 4.93. The van der Waals surface area contributed by atoms with E-state index < -0.39 is 0 Å². The third-order valence-electron chi connectivity index (χ3n) is 6.69. The maximum Gasteiger partial charge on any atom is 0.238 e. The number of carbonyl (C=O) groups is 1. The van der Waals surface area contributed by atoms with Crippen LogP contribution in [0.15, 0.2) is 48.5 Å². The number of anilines is 1. The molecule has 0 saturated carbocycles. The number of nitrogens with zero attached hydrogens (tertiary/aromatic N) is 1. The number of likely N-dealkylation sites (tertiary alicyclic amines) is 1. The molecule has 2 aromatic rings. The molecule has 1 amide bonds. The van der Waals surface area contributed by atoms with Gasteiger partial charge in [-0.2, -0.15) is 0 Å². The number of hydrogen-bond donors (Lipinski definition) is 1. The number of amides is 1. The summed E-state index contributed by atoms with van der Waals surface area (Å²) in [6.45, 7) is 4.42. The minimum absolute atomic E-state index is 0.0467. The molecule has 2 saturated heterocycles. The Kier molecular flexibility index (Phi) is 6.80. The summed E-state index contributed by atoms with van der Waals surface area (Å²) < 4.78 is 24.0. The lowest BCUT2D eigenvalue weighted by atomic mass is 9.85. The molecule has 1 spiro atoms. The summed E-state index contributed by atoms with van der Waals surface area (Å²) in [5.74, 6) is 1.36. The van der Waals surface area contributed by atoms with Crippen molar-refractivity contribution in [3.8, 4) is 11.5 Å². The van der Waals surface area contributed by atoms with Gasteiger partial charge >= 0.3 is 0 Å². The van der Waals surface area contributed by atoms with Gasteiger partial charge in [-0.3, -0.25) is 9.69 Å². The Hall–Kier alpha value is -2.61. The fraction of sp³-hybridized carbons (Fsp3) is 0.500. The second-order valence-corrected chi connectivity index (χ2v) is 9.05. The van der Waals surface area contributed by atoms with Crippen molar-refractivity contribution in [2.75, 3.05) is 44.8 Å². The lowest BCUT2D eigenvalue weighted by Crippen LogP contribution is -2.57. The molecule has 0 bridgehead atoms. The molecule has 0 aromatic heterocycles. The average Bonchev–Trinajstić information content (AvgIpc) is 3.18. The van der Waals surface area contributed by atoms with Crippen LogP contribution in [0.3, 0.4) is 0 Å². The van der Waals surface area contributed by atoms with E-state index in [1.165, 1.54) is 0 Å². The first-order chi connectivity index (χ1) is 16.2. The van der Waals surface area contributed by atoms with Crippen molar-refractivity contribution in [3.05, 3.63) is 54.1 Å². The van der Waals surface area contributed by atoms with E-state index in [4.69, 9.17) is 18.9 Å². The van der Waals surface area contributed by atoms with Gasteiger partial charge in [0.25, 0.3) is 0 Å². The molecule has 3 aliphatic rings. The summed E-state index contributed by atoms with van der Waals surface area (Å²) in [6, 6.07) is 15.8. The summed E-state index contributed by atoms with van der Waals surface area (Å²) in [7, 11) is 0. The molecule has 3 heterocycles. The quantitative estimate of drug-likeness (QED) is 0.722. The van der Waals surface area contributed by atoms with Crippen molar-refractivity contribution in [2.24, 2.45) is 0 Å². The number of piperidine rings is 1. The number of rotatable bonds is 6. The second-order valence-electron chi connectivity index (χ2n) is 9.05. The maximum absolute atomic E-state index is 12.8. The topological polar surface area (TPSA) is 69.3 Å². The molecular weight excluding hydrogens is 420 g/mol. The van der Waals surface area contributed by atoms with Gasteiger partial charge in [0.2, 0.25) is 5.91 Å². The van der Waals surface area contributed by atoms with Crippen molar-refractivity contribution in [2.45, 2.75) is 44.0 Å². The lowest BCUT2D eigenvalue weighted by Gasteiger charge is -2.44. The van der Waals surface area contributed by atoms with Gasteiger partial charge in [0.1, 0.15) is 0 Å². The highest BCUT2D eigenvalue weighted by molar-refractivity contribution is 5.92. The van der Waals surface area contributed by atoms with E-state index >= 15 is 0 Å². The van der Waals surface area contributed by atoms with Crippen molar-refractivity contribution in [1.82, 2.24) is 4.90 Å². The molecule has 0 unspecified atom stereocenters. The van der Waals surface area contributed by atoms with Crippen molar-refractivity contribution < 1.29 is 23.7 Å². The van der Waals surface area contributed by atoms with E-state index in [-0.39, 0.29) is 17.6 Å². The highest BCUT2D eigenvalue weighted by Crippen LogP contribution is 2.38. The first kappa shape index (κ1) is 22.2. The van der Waals surface area contributed by atoms with Crippen molar-refractivity contribution in [3.63, 3.8) is 0 Å². The summed E-state index contributed by atoms with van der Waals surface area (Å²) in [4.78, 5) is 15.0. The molecule has 1 N–H and O–H groups in total. The van der Waals surface area contributed by atoms with Gasteiger partial charge in [0.05, 0.1) is 38.1 Å². The third-order valence-corrected chi connectivity index (χ3v) is 6.69. The van der Waals surface area contributed by atoms with Gasteiger partial charge in [-0.1, -0.05) is 30.3 Å². The lowest BCUT2D eigenvalue weighted by molar-refractivity contribution is -0.159. The van der Waals surface area contributed by atoms with Crippen LogP contribution in [-0.2, 0) is 20.9 Å². The zero-order chi connectivity index (χ0) is 22.5. The van der Waals surface area contributed by atoms with Gasteiger partial charge in [-0.15, -0.1) is 0 Å². The number of nitrogens with one attached hydrogen (secondary N) is 1. The monoisotopic (exact) mass is 452 g/mol. The Bertz CT molecular complexity index is 945. The van der Waals surface area contributed by atoms with Crippen molar-refractivity contribution in [1.29, 1.82) is 0 Å². The molecule has 3 aliphatic heterocycles. The van der Waals surface area contributed by atoms with E-state index in [2.05, 4.69) is 22.3 Å². The highest BCUT2D eigenvalue weighted by atomic mass is 16.6. The van der Waals surface area contributed by atoms with Gasteiger partial charge in [-0.25, -0.2) is 0 Å². The summed E-state index contributed by atoms with van der Waals surface area (Å²) >= 11 is 0. The zero-order valence-corrected chi connectivity index (χ0v) is 19.0. The molecule has 2 atom stereocenters. The Labute approximate surface area is 195 Å². The number of hydrogen-bond acceptors (Lipinski definition) is 6. The Morgan fingerprint density at radius 2 is 1.88 bits per heavy atom. The normalized spacial score (nSPS) is 25.0. The van der Waals surface area contributed by atoms with Crippen molar-refractivity contribution >= 4 is 11.6 Å². The first-order valence-electron chi connectivity index (χ1n) is 11.9. The van der Waals surface area contributed by atoms with Crippen LogP contribution in [0.4, 0.5) is 5.69 Å². The molecule has 0 radical (unpaired) electrons. The summed E-state index contributed by atoms with van der Waals surface area (Å²) in [6.07, 6.45) is 3.76. The predicted octanol–water partition coefficient (Wildman–Crippen LogP) is 3.63. The molecule has 7 nitrogen and oxygen atoms in total. The fourth-order valence-electron chi connectivity index (χ4n) is 4.93. The van der Waals surface area contributed by atoms with Crippen LogP contribution in [-0.4, -0.2) is 62.0 Å². The zero-order valence-electron chi connectivity index (χ0n) is 19.0. The summed E-state index contributed by atoms with van der Waals surface area (Å²) in [5.41, 5.74) is 1.64. The van der Waals surface area contributed by atoms with Crippen LogP contribution >= 0.6 is 0 Å². The van der Waals surface area contributed by atoms with Crippen LogP contribution in [0.2, 0.25) is 0 Å². The van der Waals surface area contributed by atoms with Gasteiger partial charge in [0.15, 0.2) is 11.5 Å². The van der Waals surface area contributed by atoms with Crippen LogP contribution < -0.4 is 14.8 Å². The molecule has 176 valence electrons. The molecule has 2 aromatic carbocycles. The Balaban J connectivity index is 1.19. The molecule has 7 heteroatoms. The van der Waals surface area contributed by atoms with Gasteiger partial charge in [0, 0.05) is 37.9 Å². The Morgan fingerprint density at radius 1 is 1.03 bits per heavy atom. The second kappa shape index (κ2) is 10.1. The molecule has 0 aliphatic carbocycles. The van der Waals surface area contributed by atoms with Gasteiger partial charge < -0.3 is 24.3 Å². The number of ether oxygens (including phenoxy) is 4. The minimum Gasteiger partial charge on any atom is -0.490 e. The number of fused-ring (bicyclic) bond motifs is 1. The van der Waals surface area contributed by atoms with Crippen LogP contribution in [0.1, 0.15) is 31.2 Å². The predicted molar refractivity (Wildman–Crippen MR) is 125 cm³/mol. The number of benzene rings is 2. The molecule has 33 heavy (non-hydrogen) atoms. The average molecular weight is 453 g/mol. The molecule has 2 fully saturated rings. The van der Waals surface area contributed by atoms with E-state index in [9.17, 15) is 4.79 Å². The number of carbonyl (C=O) groups excluding carboxylic acids is 1. The van der Waals surface area contributed by atoms with Crippen LogP contribution in [0.5, 0.6) is 11.5 Å². The van der Waals surface area contributed by atoms with E-state index in [1.54, 1.807) is 0 Å². The largest absolute Gasteiger partial charge is 0.490 e. The Morgan fingerprint density at radius 3 is 2.70 bits per heavy atom. The maximum atomic E-state index is 12.8. The molecular formula is C26H32N2O5. The SMILES string of the molecule is O=C(CN1CC[C@]2(CCCO2)[C@@H](OCc2ccccc2)C1)Nc1ccc2c(c1)OCCCO2. The standard InChI is InChI=1S/C26H32N2O5/c29-25(27-21-8-9-22-23(16-21)31-14-5-13-30-22)18-28-12-11-26(10-4-15-33-26)24(17-28)32-19-20-6-2-1-3-7-20/h1-3,6-9,16,24H,4-5,10-15,17-19H2,(H,27,29)/t24-,26+/m0/s1. The first-order valence-corrected chi connectivity index (χ1v) is 11.9. The van der Waals surface area contributed by atoms with E-state index in [0.29, 0.717) is 44.3 Å².